The van der Waals surface area contributed by atoms with E-state index in [1.165, 1.54) is 0 Å². The van der Waals surface area contributed by atoms with Gasteiger partial charge in [-0.2, -0.15) is 0 Å². The van der Waals surface area contributed by atoms with E-state index in [0.717, 1.165) is 12.1 Å². The summed E-state index contributed by atoms with van der Waals surface area (Å²) in [7, 11) is 3.70. The van der Waals surface area contributed by atoms with Gasteiger partial charge in [0.05, 0.1) is 12.0 Å². The lowest BCUT2D eigenvalue weighted by atomic mass is 9.61. The molecule has 3 atom stereocenters. The molecule has 1 fully saturated rings. The molecule has 1 amide bonds. The number of primary amides is 1. The summed E-state index contributed by atoms with van der Waals surface area (Å²) in [4.78, 5) is 39.9. The van der Waals surface area contributed by atoms with Gasteiger partial charge in [-0.1, -0.05) is 20.8 Å². The van der Waals surface area contributed by atoms with Gasteiger partial charge in [0.15, 0.2) is 11.4 Å². The molecule has 0 heterocycles. The summed E-state index contributed by atoms with van der Waals surface area (Å²) < 4.78 is 0. The second kappa shape index (κ2) is 11.0. The molecule has 0 radical (unpaired) electrons. The Kier molecular flexibility index (Phi) is 8.60. The van der Waals surface area contributed by atoms with E-state index in [9.17, 15) is 34.8 Å². The number of nitrogens with one attached hydrogen (secondary N) is 1. The van der Waals surface area contributed by atoms with Gasteiger partial charge in [0.1, 0.15) is 11.5 Å². The number of fused-ring (bicyclic) bond motifs is 2. The van der Waals surface area contributed by atoms with E-state index in [0.29, 0.717) is 24.2 Å². The fourth-order valence-electron chi connectivity index (χ4n) is 5.64. The van der Waals surface area contributed by atoms with Gasteiger partial charge in [0.2, 0.25) is 11.7 Å². The predicted molar refractivity (Wildman–Crippen MR) is 144 cm³/mol. The number of aliphatic hydroxyl groups excluding tert-OH is 2. The number of amides is 1. The van der Waals surface area contributed by atoms with Crippen LogP contribution in [0.4, 0.5) is 5.69 Å². The van der Waals surface area contributed by atoms with Crippen molar-refractivity contribution in [2.45, 2.75) is 65.0 Å². The molecule has 2 aliphatic carbocycles. The first-order valence-electron chi connectivity index (χ1n) is 13.0. The summed E-state index contributed by atoms with van der Waals surface area (Å²) in [5.41, 5.74) is 4.61. The molecule has 10 nitrogen and oxygen atoms in total. The highest BCUT2D eigenvalue weighted by Crippen LogP contribution is 2.51. The topological polar surface area (TPSA) is 173 Å². The molecule has 0 saturated heterocycles. The number of phenols is 1. The van der Waals surface area contributed by atoms with Crippen LogP contribution in [0.25, 0.3) is 5.76 Å². The van der Waals surface area contributed by atoms with Gasteiger partial charge in [-0.3, -0.25) is 14.4 Å². The smallest absolute Gasteiger partial charge is 0.225 e. The zero-order valence-electron chi connectivity index (χ0n) is 22.9. The second-order valence-corrected chi connectivity index (χ2v) is 11.9. The van der Waals surface area contributed by atoms with Gasteiger partial charge in [-0.15, -0.1) is 0 Å². The fraction of sp³-hybridized carbons (Fsp3) is 0.607. The number of phenolic OH excluding ortho intramolecular Hbond substituents is 1. The minimum Gasteiger partial charge on any atom is -0.507 e. The average molecular weight is 532 g/mol. The molecule has 0 unspecified atom stereocenters. The summed E-state index contributed by atoms with van der Waals surface area (Å²) >= 11 is 0. The summed E-state index contributed by atoms with van der Waals surface area (Å²) in [6.07, 6.45) is 0.420. The fourth-order valence-corrected chi connectivity index (χ4v) is 5.64. The molecule has 0 aliphatic heterocycles. The van der Waals surface area contributed by atoms with Crippen molar-refractivity contribution >= 4 is 28.9 Å². The highest BCUT2D eigenvalue weighted by Gasteiger charge is 2.57. The number of carbonyl (C=O) groups is 3. The molecule has 38 heavy (non-hydrogen) atoms. The van der Waals surface area contributed by atoms with Crippen LogP contribution in [0.1, 0.15) is 63.1 Å². The first-order valence-corrected chi connectivity index (χ1v) is 13.0. The number of rotatable bonds is 10. The van der Waals surface area contributed by atoms with Crippen LogP contribution in [0, 0.1) is 17.3 Å². The number of hydrogen-bond donors (Lipinski definition) is 6. The Hall–Kier alpha value is -2.95. The third kappa shape index (κ3) is 5.57. The Morgan fingerprint density at radius 1 is 1.24 bits per heavy atom. The number of anilines is 1. The molecule has 210 valence electrons. The summed E-state index contributed by atoms with van der Waals surface area (Å²) in [5.74, 6) is -5.24. The number of aromatic hydroxyl groups is 1. The zero-order valence-corrected chi connectivity index (χ0v) is 22.9. The van der Waals surface area contributed by atoms with Gasteiger partial charge in [0.25, 0.3) is 0 Å². The number of Topliss-reactive ketones (excluding diaryl/α,β-unsaturated/α-hetero) is 2. The molecule has 10 heteroatoms. The van der Waals surface area contributed by atoms with Crippen molar-refractivity contribution in [2.24, 2.45) is 23.0 Å². The number of nitrogens with two attached hydrogens (primary N) is 1. The number of benzene rings is 1. The van der Waals surface area contributed by atoms with Gasteiger partial charge in [-0.25, -0.2) is 0 Å². The number of nitrogens with zero attached hydrogens (tertiary/aromatic N) is 1. The van der Waals surface area contributed by atoms with Crippen molar-refractivity contribution in [1.82, 2.24) is 5.32 Å². The van der Waals surface area contributed by atoms with Gasteiger partial charge in [0, 0.05) is 50.0 Å². The standard InChI is InChI=1S/C28H41N3O7/c1-27(2,3)7-8-30-14-16-12-19(31(4)5)18-11-15-10-17(6-9-32)28(38,20(33)13-21(29)34)26(37)22(15)25(36)23(18)24(16)35/h12,15,17,30,32,35-36,38H,6-11,13-14H2,1-5H3,(H2,29,34)/t15-,17-,28-/m1/s1. The molecular formula is C28H41N3O7. The Bertz CT molecular complexity index is 1150. The van der Waals surface area contributed by atoms with Crippen LogP contribution in [0.3, 0.4) is 0 Å². The molecule has 1 aromatic rings. The van der Waals surface area contributed by atoms with Crippen molar-refractivity contribution in [3.8, 4) is 5.75 Å². The van der Waals surface area contributed by atoms with Crippen LogP contribution in [-0.4, -0.2) is 70.7 Å². The highest BCUT2D eigenvalue weighted by atomic mass is 16.3. The number of ketones is 2. The van der Waals surface area contributed by atoms with Crippen molar-refractivity contribution < 1.29 is 34.8 Å². The van der Waals surface area contributed by atoms with Crippen molar-refractivity contribution in [3.05, 3.63) is 28.3 Å². The molecule has 3 rings (SSSR count). The third-order valence-corrected chi connectivity index (χ3v) is 7.65. The molecule has 1 saturated carbocycles. The largest absolute Gasteiger partial charge is 0.507 e. The van der Waals surface area contributed by atoms with E-state index in [2.05, 4.69) is 26.1 Å². The monoisotopic (exact) mass is 531 g/mol. The van der Waals surface area contributed by atoms with E-state index >= 15 is 0 Å². The van der Waals surface area contributed by atoms with Crippen LogP contribution >= 0.6 is 0 Å². The predicted octanol–water partition coefficient (Wildman–Crippen LogP) is 1.57. The quantitative estimate of drug-likeness (QED) is 0.193. The molecule has 1 aromatic carbocycles. The lowest BCUT2D eigenvalue weighted by molar-refractivity contribution is -0.159. The number of aliphatic hydroxyl groups is 3. The van der Waals surface area contributed by atoms with E-state index in [1.54, 1.807) is 0 Å². The maximum absolute atomic E-state index is 13.7. The van der Waals surface area contributed by atoms with Crippen molar-refractivity contribution in [2.75, 3.05) is 32.1 Å². The van der Waals surface area contributed by atoms with E-state index < -0.39 is 47.1 Å². The Balaban J connectivity index is 2.11. The molecule has 0 aromatic heterocycles. The number of hydrogen-bond acceptors (Lipinski definition) is 9. The van der Waals surface area contributed by atoms with Crippen molar-refractivity contribution in [1.29, 1.82) is 0 Å². The zero-order chi connectivity index (χ0) is 28.6. The average Bonchev–Trinajstić information content (AvgIpc) is 2.79. The van der Waals surface area contributed by atoms with Crippen molar-refractivity contribution in [3.63, 3.8) is 0 Å². The second-order valence-electron chi connectivity index (χ2n) is 11.9. The third-order valence-electron chi connectivity index (χ3n) is 7.65. The molecule has 0 spiro atoms. The Labute approximate surface area is 223 Å². The normalized spacial score (nSPS) is 23.2. The van der Waals surface area contributed by atoms with E-state index in [4.69, 9.17) is 5.73 Å². The molecule has 0 bridgehead atoms. The molecule has 7 N–H and O–H groups in total. The first-order chi connectivity index (χ1) is 17.6. The van der Waals surface area contributed by atoms with Crippen LogP contribution in [-0.2, 0) is 27.3 Å². The molecular weight excluding hydrogens is 490 g/mol. The summed E-state index contributed by atoms with van der Waals surface area (Å²) in [6.45, 7) is 7.07. The molecule has 2 aliphatic rings. The highest BCUT2D eigenvalue weighted by molar-refractivity contribution is 6.23. The minimum absolute atomic E-state index is 0.0465. The van der Waals surface area contributed by atoms with Crippen LogP contribution < -0.4 is 16.0 Å². The van der Waals surface area contributed by atoms with Crippen LogP contribution in [0.5, 0.6) is 5.75 Å². The SMILES string of the molecule is CN(C)c1cc(CNCCC(C)(C)C)c(O)c2c1C[C@H]1C[C@@H](CCO)[C@@](O)(C(=O)CC(N)=O)C(=O)C1=C2O. The van der Waals surface area contributed by atoms with E-state index in [-0.39, 0.29) is 48.2 Å². The minimum atomic E-state index is -2.61. The van der Waals surface area contributed by atoms with Gasteiger partial charge < -0.3 is 36.4 Å². The van der Waals surface area contributed by atoms with Gasteiger partial charge in [-0.05, 0) is 55.2 Å². The maximum Gasteiger partial charge on any atom is 0.225 e. The Morgan fingerprint density at radius 2 is 1.89 bits per heavy atom. The lowest BCUT2D eigenvalue weighted by Gasteiger charge is -2.44. The summed E-state index contributed by atoms with van der Waals surface area (Å²) in [5, 5.41) is 47.0. The van der Waals surface area contributed by atoms with E-state index in [1.807, 2.05) is 25.1 Å². The van der Waals surface area contributed by atoms with Crippen LogP contribution in [0.2, 0.25) is 0 Å². The number of carbonyl (C=O) groups excluding carboxylic acids is 3. The maximum atomic E-state index is 13.7. The van der Waals surface area contributed by atoms with Crippen LogP contribution in [0.15, 0.2) is 11.6 Å². The van der Waals surface area contributed by atoms with Gasteiger partial charge >= 0.3 is 0 Å². The lowest BCUT2D eigenvalue weighted by Crippen LogP contribution is -2.59. The summed E-state index contributed by atoms with van der Waals surface area (Å²) in [6, 6.07) is 1.86. The first kappa shape index (κ1) is 29.6. The Morgan fingerprint density at radius 3 is 2.45 bits per heavy atom.